The molecule has 7 nitrogen and oxygen atoms in total. The number of para-hydroxylation sites is 1. The molecule has 0 unspecified atom stereocenters. The van der Waals surface area contributed by atoms with Gasteiger partial charge in [0, 0.05) is 26.6 Å². The highest BCUT2D eigenvalue weighted by Gasteiger charge is 2.27. The van der Waals surface area contributed by atoms with Gasteiger partial charge in [-0.25, -0.2) is 0 Å². The lowest BCUT2D eigenvalue weighted by atomic mass is 9.93. The first-order valence-corrected chi connectivity index (χ1v) is 7.01. The summed E-state index contributed by atoms with van der Waals surface area (Å²) in [5.41, 5.74) is 6.47. The van der Waals surface area contributed by atoms with E-state index in [1.807, 2.05) is 11.0 Å². The molecule has 1 amide bonds. The molecule has 1 fully saturated rings. The maximum Gasteiger partial charge on any atom is 0.315 e. The van der Waals surface area contributed by atoms with E-state index in [4.69, 9.17) is 5.73 Å². The third kappa shape index (κ3) is 3.42. The standard InChI is InChI=1S/C14H20N4O3/c1-16-11-3-2-4-12(14(11)18(20)21)17-7-5-10(6-8-17)9-13(15)19/h2-4,10,16H,5-9H2,1H3,(H2,15,19). The number of nitrogens with two attached hydrogens (primary N) is 1. The molecule has 0 aliphatic carbocycles. The maximum atomic E-state index is 11.3. The second-order valence-electron chi connectivity index (χ2n) is 5.28. The van der Waals surface area contributed by atoms with Gasteiger partial charge in [-0.05, 0) is 30.9 Å². The minimum atomic E-state index is -0.351. The molecule has 1 aromatic rings. The lowest BCUT2D eigenvalue weighted by Crippen LogP contribution is -2.35. The van der Waals surface area contributed by atoms with Gasteiger partial charge in [0.1, 0.15) is 11.4 Å². The van der Waals surface area contributed by atoms with E-state index < -0.39 is 0 Å². The van der Waals surface area contributed by atoms with Crippen LogP contribution in [-0.2, 0) is 4.79 Å². The molecule has 1 aromatic carbocycles. The fourth-order valence-electron chi connectivity index (χ4n) is 2.84. The van der Waals surface area contributed by atoms with Crippen LogP contribution in [0.2, 0.25) is 0 Å². The minimum Gasteiger partial charge on any atom is -0.382 e. The second-order valence-corrected chi connectivity index (χ2v) is 5.28. The van der Waals surface area contributed by atoms with Crippen LogP contribution in [0.25, 0.3) is 0 Å². The second kappa shape index (κ2) is 6.43. The number of anilines is 2. The summed E-state index contributed by atoms with van der Waals surface area (Å²) in [6.07, 6.45) is 2.04. The first-order chi connectivity index (χ1) is 10.0. The van der Waals surface area contributed by atoms with E-state index >= 15 is 0 Å². The molecule has 1 heterocycles. The van der Waals surface area contributed by atoms with Crippen LogP contribution in [0.3, 0.4) is 0 Å². The summed E-state index contributed by atoms with van der Waals surface area (Å²) < 4.78 is 0. The number of hydrogen-bond acceptors (Lipinski definition) is 5. The first-order valence-electron chi connectivity index (χ1n) is 7.01. The first kappa shape index (κ1) is 15.1. The zero-order valence-electron chi connectivity index (χ0n) is 12.0. The Balaban J connectivity index is 2.17. The topological polar surface area (TPSA) is 102 Å². The summed E-state index contributed by atoms with van der Waals surface area (Å²) in [7, 11) is 1.67. The molecule has 0 aromatic heterocycles. The Morgan fingerprint density at radius 2 is 2.14 bits per heavy atom. The highest BCUT2D eigenvalue weighted by molar-refractivity contribution is 5.77. The molecular weight excluding hydrogens is 272 g/mol. The van der Waals surface area contributed by atoms with E-state index in [1.54, 1.807) is 19.2 Å². The van der Waals surface area contributed by atoms with E-state index in [1.165, 1.54) is 0 Å². The molecule has 3 N–H and O–H groups in total. The summed E-state index contributed by atoms with van der Waals surface area (Å²) in [4.78, 5) is 23.9. The SMILES string of the molecule is CNc1cccc(N2CCC(CC(N)=O)CC2)c1[N+](=O)[O-]. The van der Waals surface area contributed by atoms with Gasteiger partial charge < -0.3 is 16.0 Å². The van der Waals surface area contributed by atoms with Crippen molar-refractivity contribution in [1.29, 1.82) is 0 Å². The van der Waals surface area contributed by atoms with Gasteiger partial charge >= 0.3 is 5.69 Å². The number of hydrogen-bond donors (Lipinski definition) is 2. The van der Waals surface area contributed by atoms with E-state index in [9.17, 15) is 14.9 Å². The van der Waals surface area contributed by atoms with Crippen molar-refractivity contribution in [3.8, 4) is 0 Å². The Morgan fingerprint density at radius 3 is 2.67 bits per heavy atom. The number of nitro groups is 1. The molecule has 0 atom stereocenters. The van der Waals surface area contributed by atoms with Crippen LogP contribution in [0.15, 0.2) is 18.2 Å². The Hall–Kier alpha value is -2.31. The Labute approximate surface area is 123 Å². The predicted octanol–water partition coefficient (Wildman–Crippen LogP) is 1.73. The fourth-order valence-corrected chi connectivity index (χ4v) is 2.84. The number of nitrogens with one attached hydrogen (secondary N) is 1. The van der Waals surface area contributed by atoms with Gasteiger partial charge in [-0.3, -0.25) is 14.9 Å². The largest absolute Gasteiger partial charge is 0.382 e. The van der Waals surface area contributed by atoms with Gasteiger partial charge in [0.2, 0.25) is 5.91 Å². The molecule has 21 heavy (non-hydrogen) atoms. The van der Waals surface area contributed by atoms with Crippen LogP contribution in [0.4, 0.5) is 17.1 Å². The molecule has 0 saturated carbocycles. The number of benzene rings is 1. The van der Waals surface area contributed by atoms with Gasteiger partial charge in [0.05, 0.1) is 4.92 Å². The lowest BCUT2D eigenvalue weighted by molar-refractivity contribution is -0.383. The molecule has 1 aliphatic rings. The molecule has 7 heteroatoms. The molecule has 0 bridgehead atoms. The highest BCUT2D eigenvalue weighted by atomic mass is 16.6. The Bertz CT molecular complexity index is 539. The van der Waals surface area contributed by atoms with Crippen LogP contribution >= 0.6 is 0 Å². The molecule has 1 aliphatic heterocycles. The number of primary amides is 1. The Morgan fingerprint density at radius 1 is 1.48 bits per heavy atom. The lowest BCUT2D eigenvalue weighted by Gasteiger charge is -2.33. The van der Waals surface area contributed by atoms with Crippen molar-refractivity contribution in [2.45, 2.75) is 19.3 Å². The van der Waals surface area contributed by atoms with Crippen LogP contribution in [0.5, 0.6) is 0 Å². The summed E-state index contributed by atoms with van der Waals surface area (Å²) in [5.74, 6) is 0.00176. The normalized spacial score (nSPS) is 15.8. The monoisotopic (exact) mass is 292 g/mol. The van der Waals surface area contributed by atoms with Crippen molar-refractivity contribution in [2.24, 2.45) is 11.7 Å². The molecule has 114 valence electrons. The van der Waals surface area contributed by atoms with E-state index in [0.29, 0.717) is 30.9 Å². The maximum absolute atomic E-state index is 11.3. The highest BCUT2D eigenvalue weighted by Crippen LogP contribution is 2.37. The average molecular weight is 292 g/mol. The predicted molar refractivity (Wildman–Crippen MR) is 81.4 cm³/mol. The molecule has 1 saturated heterocycles. The van der Waals surface area contributed by atoms with Gasteiger partial charge in [0.25, 0.3) is 0 Å². The van der Waals surface area contributed by atoms with Crippen LogP contribution in [0.1, 0.15) is 19.3 Å². The average Bonchev–Trinajstić information content (AvgIpc) is 2.46. The minimum absolute atomic E-state index is 0.105. The number of rotatable bonds is 5. The summed E-state index contributed by atoms with van der Waals surface area (Å²) in [5, 5.41) is 14.2. The summed E-state index contributed by atoms with van der Waals surface area (Å²) in [6, 6.07) is 5.28. The fraction of sp³-hybridized carbons (Fsp3) is 0.500. The van der Waals surface area contributed by atoms with Crippen molar-refractivity contribution in [2.75, 3.05) is 30.4 Å². The van der Waals surface area contributed by atoms with Crippen molar-refractivity contribution in [1.82, 2.24) is 0 Å². The van der Waals surface area contributed by atoms with Crippen LogP contribution in [0, 0.1) is 16.0 Å². The van der Waals surface area contributed by atoms with Gasteiger partial charge in [-0.1, -0.05) is 6.07 Å². The summed E-state index contributed by atoms with van der Waals surface area (Å²) in [6.45, 7) is 1.40. The number of amides is 1. The smallest absolute Gasteiger partial charge is 0.315 e. The summed E-state index contributed by atoms with van der Waals surface area (Å²) >= 11 is 0. The van der Waals surface area contributed by atoms with Crippen molar-refractivity contribution in [3.63, 3.8) is 0 Å². The zero-order chi connectivity index (χ0) is 15.4. The van der Waals surface area contributed by atoms with Gasteiger partial charge in [-0.2, -0.15) is 0 Å². The van der Waals surface area contributed by atoms with E-state index in [0.717, 1.165) is 12.8 Å². The number of nitrogens with zero attached hydrogens (tertiary/aromatic N) is 2. The molecule has 0 radical (unpaired) electrons. The van der Waals surface area contributed by atoms with Crippen LogP contribution < -0.4 is 16.0 Å². The number of nitro benzene ring substituents is 1. The molecular formula is C14H20N4O3. The number of piperidine rings is 1. The van der Waals surface area contributed by atoms with Crippen LogP contribution in [-0.4, -0.2) is 31.0 Å². The van der Waals surface area contributed by atoms with Crippen molar-refractivity contribution in [3.05, 3.63) is 28.3 Å². The van der Waals surface area contributed by atoms with E-state index in [2.05, 4.69) is 5.32 Å². The molecule has 2 rings (SSSR count). The Kier molecular flexibility index (Phi) is 4.62. The zero-order valence-corrected chi connectivity index (χ0v) is 12.0. The number of carbonyl (C=O) groups is 1. The number of carbonyl (C=O) groups excluding carboxylic acids is 1. The third-order valence-corrected chi connectivity index (χ3v) is 3.91. The quantitative estimate of drug-likeness (QED) is 0.635. The molecule has 0 spiro atoms. The van der Waals surface area contributed by atoms with Gasteiger partial charge in [-0.15, -0.1) is 0 Å². The van der Waals surface area contributed by atoms with E-state index in [-0.39, 0.29) is 22.4 Å². The third-order valence-electron chi connectivity index (χ3n) is 3.91. The van der Waals surface area contributed by atoms with Crippen molar-refractivity contribution >= 4 is 23.0 Å². The van der Waals surface area contributed by atoms with Gasteiger partial charge in [0.15, 0.2) is 0 Å². The van der Waals surface area contributed by atoms with Crippen molar-refractivity contribution < 1.29 is 9.72 Å².